The fourth-order valence-corrected chi connectivity index (χ4v) is 4.08. The summed E-state index contributed by atoms with van der Waals surface area (Å²) in [6.45, 7) is 3.95. The van der Waals surface area contributed by atoms with Crippen molar-refractivity contribution in [3.05, 3.63) is 11.1 Å². The van der Waals surface area contributed by atoms with Crippen molar-refractivity contribution in [2.75, 3.05) is 5.75 Å². The molecule has 2 rings (SSSR count). The van der Waals surface area contributed by atoms with Crippen molar-refractivity contribution in [2.45, 2.75) is 61.9 Å². The summed E-state index contributed by atoms with van der Waals surface area (Å²) >= 11 is 3.39. The van der Waals surface area contributed by atoms with E-state index in [0.717, 1.165) is 35.0 Å². The van der Waals surface area contributed by atoms with Gasteiger partial charge in [0.1, 0.15) is 9.88 Å². The molecule has 0 spiro atoms. The first-order chi connectivity index (χ1) is 9.55. The molecule has 112 valence electrons. The molecule has 0 aliphatic heterocycles. The van der Waals surface area contributed by atoms with E-state index in [0.29, 0.717) is 18.9 Å². The Balaban J connectivity index is 1.80. The minimum Gasteiger partial charge on any atom is -0.480 e. The van der Waals surface area contributed by atoms with Gasteiger partial charge in [0.15, 0.2) is 0 Å². The molecule has 0 amide bonds. The van der Waals surface area contributed by atoms with Crippen LogP contribution >= 0.6 is 23.1 Å². The summed E-state index contributed by atoms with van der Waals surface area (Å²) in [4.78, 5) is 16.0. The van der Waals surface area contributed by atoms with Crippen LogP contribution in [0.1, 0.15) is 44.7 Å². The number of aliphatic carboxylic acids is 1. The molecule has 1 aliphatic rings. The molecule has 0 bridgehead atoms. The minimum absolute atomic E-state index is 0.417. The maximum Gasteiger partial charge on any atom is 0.323 e. The van der Waals surface area contributed by atoms with Crippen molar-refractivity contribution < 1.29 is 9.90 Å². The van der Waals surface area contributed by atoms with Crippen molar-refractivity contribution in [1.29, 1.82) is 0 Å². The summed E-state index contributed by atoms with van der Waals surface area (Å²) in [5.74, 6) is 0.218. The highest BCUT2D eigenvalue weighted by molar-refractivity contribution is 8.00. The van der Waals surface area contributed by atoms with Crippen LogP contribution in [0, 0.1) is 6.92 Å². The highest BCUT2D eigenvalue weighted by atomic mass is 32.2. The second-order valence-electron chi connectivity index (χ2n) is 5.37. The number of hydrogen-bond acceptors (Lipinski definition) is 5. The summed E-state index contributed by atoms with van der Waals surface area (Å²) in [6.07, 6.45) is 4.44. The molecule has 2 N–H and O–H groups in total. The molecular weight excluding hydrogens is 292 g/mol. The van der Waals surface area contributed by atoms with Crippen LogP contribution in [0.5, 0.6) is 0 Å². The molecule has 6 heteroatoms. The van der Waals surface area contributed by atoms with E-state index in [9.17, 15) is 9.90 Å². The summed E-state index contributed by atoms with van der Waals surface area (Å²) < 4.78 is 1.08. The number of thioether (sulfide) groups is 1. The smallest absolute Gasteiger partial charge is 0.323 e. The van der Waals surface area contributed by atoms with Gasteiger partial charge < -0.3 is 5.11 Å². The molecule has 1 aliphatic carbocycles. The molecular formula is C14H22N2O2S2. The van der Waals surface area contributed by atoms with Gasteiger partial charge >= 0.3 is 5.97 Å². The quantitative estimate of drug-likeness (QED) is 0.541. The SMILES string of the molecule is CCC(CCCSc1nc(C)cs1)(NC1CC1)C(=O)O. The summed E-state index contributed by atoms with van der Waals surface area (Å²) in [6, 6.07) is 0.417. The predicted molar refractivity (Wildman–Crippen MR) is 83.6 cm³/mol. The van der Waals surface area contributed by atoms with Crippen LogP contribution in [-0.4, -0.2) is 33.4 Å². The van der Waals surface area contributed by atoms with Crippen molar-refractivity contribution >= 4 is 29.1 Å². The molecule has 1 aromatic heterocycles. The van der Waals surface area contributed by atoms with Crippen LogP contribution in [-0.2, 0) is 4.79 Å². The molecule has 1 atom stereocenters. The number of aryl methyl sites for hydroxylation is 1. The zero-order valence-electron chi connectivity index (χ0n) is 12.0. The Morgan fingerprint density at radius 3 is 2.90 bits per heavy atom. The van der Waals surface area contributed by atoms with Crippen molar-refractivity contribution in [2.24, 2.45) is 0 Å². The van der Waals surface area contributed by atoms with E-state index in [1.165, 1.54) is 0 Å². The zero-order valence-corrected chi connectivity index (χ0v) is 13.6. The van der Waals surface area contributed by atoms with Crippen LogP contribution < -0.4 is 5.32 Å². The molecule has 4 nitrogen and oxygen atoms in total. The fourth-order valence-electron chi connectivity index (χ4n) is 2.22. The van der Waals surface area contributed by atoms with Crippen LogP contribution in [0.3, 0.4) is 0 Å². The maximum atomic E-state index is 11.6. The predicted octanol–water partition coefficient (Wildman–Crippen LogP) is 3.31. The number of thiazole rings is 1. The van der Waals surface area contributed by atoms with Crippen LogP contribution in [0.4, 0.5) is 0 Å². The van der Waals surface area contributed by atoms with E-state index in [4.69, 9.17) is 0 Å². The van der Waals surface area contributed by atoms with Gasteiger partial charge in [-0.25, -0.2) is 4.98 Å². The molecule has 0 saturated heterocycles. The highest BCUT2D eigenvalue weighted by Gasteiger charge is 2.40. The Bertz CT molecular complexity index is 460. The lowest BCUT2D eigenvalue weighted by Crippen LogP contribution is -2.52. The average molecular weight is 314 g/mol. The monoisotopic (exact) mass is 314 g/mol. The van der Waals surface area contributed by atoms with E-state index in [2.05, 4.69) is 10.3 Å². The van der Waals surface area contributed by atoms with Gasteiger partial charge in [-0.1, -0.05) is 18.7 Å². The van der Waals surface area contributed by atoms with Gasteiger partial charge in [0.25, 0.3) is 0 Å². The third-order valence-electron chi connectivity index (χ3n) is 3.64. The first-order valence-electron chi connectivity index (χ1n) is 7.12. The van der Waals surface area contributed by atoms with Crippen molar-refractivity contribution in [1.82, 2.24) is 10.3 Å². The van der Waals surface area contributed by atoms with E-state index in [1.54, 1.807) is 23.1 Å². The molecule has 1 unspecified atom stereocenters. The maximum absolute atomic E-state index is 11.6. The van der Waals surface area contributed by atoms with E-state index in [1.807, 2.05) is 19.2 Å². The molecule has 1 heterocycles. The molecule has 1 saturated carbocycles. The Hall–Kier alpha value is -0.590. The van der Waals surface area contributed by atoms with Gasteiger partial charge in [0, 0.05) is 22.9 Å². The fraction of sp³-hybridized carbons (Fsp3) is 0.714. The van der Waals surface area contributed by atoms with Crippen LogP contribution in [0.15, 0.2) is 9.72 Å². The number of nitrogens with one attached hydrogen (secondary N) is 1. The highest BCUT2D eigenvalue weighted by Crippen LogP contribution is 2.29. The lowest BCUT2D eigenvalue weighted by Gasteiger charge is -2.29. The second kappa shape index (κ2) is 6.91. The lowest BCUT2D eigenvalue weighted by atomic mass is 9.90. The summed E-state index contributed by atoms with van der Waals surface area (Å²) in [7, 11) is 0. The van der Waals surface area contributed by atoms with Crippen molar-refractivity contribution in [3.63, 3.8) is 0 Å². The van der Waals surface area contributed by atoms with E-state index >= 15 is 0 Å². The number of rotatable bonds is 9. The zero-order chi connectivity index (χ0) is 14.6. The van der Waals surface area contributed by atoms with E-state index < -0.39 is 11.5 Å². The first kappa shape index (κ1) is 15.8. The number of carboxylic acid groups (broad SMARTS) is 1. The molecule has 0 aromatic carbocycles. The Morgan fingerprint density at radius 1 is 1.65 bits per heavy atom. The number of nitrogens with zero attached hydrogens (tertiary/aromatic N) is 1. The summed E-state index contributed by atoms with van der Waals surface area (Å²) in [5.41, 5.74) is 0.321. The second-order valence-corrected chi connectivity index (χ2v) is 7.57. The Morgan fingerprint density at radius 2 is 2.40 bits per heavy atom. The minimum atomic E-state index is -0.736. The molecule has 1 aromatic rings. The average Bonchev–Trinajstić information content (AvgIpc) is 3.13. The third kappa shape index (κ3) is 4.20. The summed E-state index contributed by atoms with van der Waals surface area (Å²) in [5, 5.41) is 14.9. The van der Waals surface area contributed by atoms with Crippen LogP contribution in [0.25, 0.3) is 0 Å². The Labute approximate surface area is 128 Å². The van der Waals surface area contributed by atoms with E-state index in [-0.39, 0.29) is 0 Å². The molecule has 20 heavy (non-hydrogen) atoms. The topological polar surface area (TPSA) is 62.2 Å². The lowest BCUT2D eigenvalue weighted by molar-refractivity contribution is -0.145. The van der Waals surface area contributed by atoms with Gasteiger partial charge in [0.05, 0.1) is 0 Å². The van der Waals surface area contributed by atoms with Gasteiger partial charge in [0.2, 0.25) is 0 Å². The number of carboxylic acids is 1. The molecule has 0 radical (unpaired) electrons. The van der Waals surface area contributed by atoms with Gasteiger partial charge in [-0.15, -0.1) is 11.3 Å². The van der Waals surface area contributed by atoms with Gasteiger partial charge in [-0.05, 0) is 39.0 Å². The molecule has 1 fully saturated rings. The van der Waals surface area contributed by atoms with Crippen LogP contribution in [0.2, 0.25) is 0 Å². The standard InChI is InChI=1S/C14H22N2O2S2/c1-3-14(12(17)18,16-11-5-6-11)7-4-8-19-13-15-10(2)9-20-13/h9,11,16H,3-8H2,1-2H3,(H,17,18). The number of hydrogen-bond donors (Lipinski definition) is 2. The largest absolute Gasteiger partial charge is 0.480 e. The van der Waals surface area contributed by atoms with Gasteiger partial charge in [-0.3, -0.25) is 10.1 Å². The first-order valence-corrected chi connectivity index (χ1v) is 8.98. The van der Waals surface area contributed by atoms with Gasteiger partial charge in [-0.2, -0.15) is 0 Å². The number of carbonyl (C=O) groups is 1. The number of aromatic nitrogens is 1. The normalized spacial score (nSPS) is 17.9. The van der Waals surface area contributed by atoms with Crippen molar-refractivity contribution in [3.8, 4) is 0 Å². The third-order valence-corrected chi connectivity index (χ3v) is 5.87. The Kier molecular flexibility index (Phi) is 5.46.